The highest BCUT2D eigenvalue weighted by atomic mass is 32.2. The minimum atomic E-state index is -0.465. The number of carbonyl (C=O) groups excluding carboxylic acids is 1. The number of thioether (sulfide) groups is 1. The number of aliphatic hydroxyl groups excluding tert-OH is 1. The molecule has 0 spiro atoms. The molecule has 2 unspecified atom stereocenters. The first-order chi connectivity index (χ1) is 9.17. The van der Waals surface area contributed by atoms with Crippen molar-refractivity contribution in [3.63, 3.8) is 0 Å². The highest BCUT2D eigenvalue weighted by molar-refractivity contribution is 7.99. The van der Waals surface area contributed by atoms with E-state index in [1.54, 1.807) is 0 Å². The number of hydrogen-bond acceptors (Lipinski definition) is 4. The summed E-state index contributed by atoms with van der Waals surface area (Å²) in [5.74, 6) is 2.24. The molecule has 1 aliphatic rings. The second-order valence-electron chi connectivity index (χ2n) is 5.33. The summed E-state index contributed by atoms with van der Waals surface area (Å²) in [6, 6.07) is 0. The van der Waals surface area contributed by atoms with Crippen LogP contribution in [0.15, 0.2) is 0 Å². The maximum absolute atomic E-state index is 11.9. The standard InChI is InChI=1S/C14H28N2O2S/c1-2-8-16-14(13(15)18)7-3-5-12(14)6-11-19-10-4-9-17/h12,16-17H,2-11H2,1H3,(H2,15,18). The first kappa shape index (κ1) is 16.8. The van der Waals surface area contributed by atoms with Crippen LogP contribution in [0.4, 0.5) is 0 Å². The Kier molecular flexibility index (Phi) is 7.80. The van der Waals surface area contributed by atoms with Crippen LogP contribution in [0.1, 0.15) is 45.4 Å². The first-order valence-electron chi connectivity index (χ1n) is 7.41. The lowest BCUT2D eigenvalue weighted by Gasteiger charge is -2.33. The topological polar surface area (TPSA) is 75.3 Å². The van der Waals surface area contributed by atoms with E-state index in [4.69, 9.17) is 10.8 Å². The average molecular weight is 288 g/mol. The van der Waals surface area contributed by atoms with Gasteiger partial charge in [0, 0.05) is 6.61 Å². The molecule has 4 nitrogen and oxygen atoms in total. The Bertz CT molecular complexity index is 276. The molecular formula is C14H28N2O2S. The van der Waals surface area contributed by atoms with Gasteiger partial charge in [0.1, 0.15) is 5.54 Å². The normalized spacial score (nSPS) is 26.7. The van der Waals surface area contributed by atoms with Crippen molar-refractivity contribution >= 4 is 17.7 Å². The molecule has 0 aromatic heterocycles. The Labute approximate surface area is 120 Å². The molecule has 19 heavy (non-hydrogen) atoms. The van der Waals surface area contributed by atoms with E-state index < -0.39 is 5.54 Å². The molecule has 1 rings (SSSR count). The monoisotopic (exact) mass is 288 g/mol. The van der Waals surface area contributed by atoms with Crippen LogP contribution in [-0.2, 0) is 4.79 Å². The van der Waals surface area contributed by atoms with E-state index in [9.17, 15) is 4.79 Å². The lowest BCUT2D eigenvalue weighted by Crippen LogP contribution is -2.58. The van der Waals surface area contributed by atoms with E-state index in [2.05, 4.69) is 12.2 Å². The quantitative estimate of drug-likeness (QED) is 0.533. The summed E-state index contributed by atoms with van der Waals surface area (Å²) in [6.45, 7) is 3.23. The Hall–Kier alpha value is -0.260. The predicted octanol–water partition coefficient (Wildman–Crippen LogP) is 1.52. The molecule has 0 aromatic rings. The number of carbonyl (C=O) groups is 1. The van der Waals surface area contributed by atoms with Gasteiger partial charge < -0.3 is 16.2 Å². The fraction of sp³-hybridized carbons (Fsp3) is 0.929. The molecule has 1 fully saturated rings. The second kappa shape index (κ2) is 8.82. The molecule has 112 valence electrons. The molecule has 1 aliphatic carbocycles. The number of aliphatic hydroxyl groups is 1. The van der Waals surface area contributed by atoms with Crippen LogP contribution < -0.4 is 11.1 Å². The van der Waals surface area contributed by atoms with Gasteiger partial charge in [0.15, 0.2) is 0 Å². The number of hydrogen-bond donors (Lipinski definition) is 3. The number of amides is 1. The summed E-state index contributed by atoms with van der Waals surface area (Å²) in [5, 5.41) is 12.2. The minimum absolute atomic E-state index is 0.177. The van der Waals surface area contributed by atoms with Crippen LogP contribution in [0.25, 0.3) is 0 Å². The van der Waals surface area contributed by atoms with Gasteiger partial charge >= 0.3 is 0 Å². The van der Waals surface area contributed by atoms with E-state index in [0.29, 0.717) is 5.92 Å². The summed E-state index contributed by atoms with van der Waals surface area (Å²) in [5.41, 5.74) is 5.21. The molecule has 0 heterocycles. The maximum atomic E-state index is 11.9. The Balaban J connectivity index is 2.46. The van der Waals surface area contributed by atoms with Gasteiger partial charge in [-0.25, -0.2) is 0 Å². The van der Waals surface area contributed by atoms with Crippen LogP contribution >= 0.6 is 11.8 Å². The fourth-order valence-electron chi connectivity index (χ4n) is 2.96. The Morgan fingerprint density at radius 1 is 1.53 bits per heavy atom. The number of rotatable bonds is 10. The number of primary amides is 1. The molecule has 0 aromatic carbocycles. The number of nitrogens with one attached hydrogen (secondary N) is 1. The van der Waals surface area contributed by atoms with Gasteiger partial charge in [-0.1, -0.05) is 13.3 Å². The lowest BCUT2D eigenvalue weighted by atomic mass is 9.84. The fourth-order valence-corrected chi connectivity index (χ4v) is 3.94. The molecule has 0 radical (unpaired) electrons. The first-order valence-corrected chi connectivity index (χ1v) is 8.56. The summed E-state index contributed by atoms with van der Waals surface area (Å²) in [6.07, 6.45) is 5.98. The van der Waals surface area contributed by atoms with E-state index >= 15 is 0 Å². The Morgan fingerprint density at radius 2 is 2.32 bits per heavy atom. The van der Waals surface area contributed by atoms with Gasteiger partial charge in [0.2, 0.25) is 5.91 Å². The highest BCUT2D eigenvalue weighted by Crippen LogP contribution is 2.38. The molecule has 1 saturated carbocycles. The van der Waals surface area contributed by atoms with Crippen molar-refractivity contribution in [3.8, 4) is 0 Å². The Morgan fingerprint density at radius 3 is 2.95 bits per heavy atom. The molecule has 5 heteroatoms. The third kappa shape index (κ3) is 4.65. The zero-order chi connectivity index (χ0) is 14.1. The van der Waals surface area contributed by atoms with Crippen molar-refractivity contribution < 1.29 is 9.90 Å². The van der Waals surface area contributed by atoms with Crippen LogP contribution in [0.3, 0.4) is 0 Å². The van der Waals surface area contributed by atoms with Gasteiger partial charge in [-0.2, -0.15) is 11.8 Å². The third-order valence-electron chi connectivity index (χ3n) is 4.01. The van der Waals surface area contributed by atoms with Crippen LogP contribution in [0.5, 0.6) is 0 Å². The summed E-state index contributed by atoms with van der Waals surface area (Å²) >= 11 is 1.86. The van der Waals surface area contributed by atoms with Gasteiger partial charge in [0.05, 0.1) is 0 Å². The van der Waals surface area contributed by atoms with E-state index in [1.807, 2.05) is 11.8 Å². The lowest BCUT2D eigenvalue weighted by molar-refractivity contribution is -0.126. The van der Waals surface area contributed by atoms with Crippen molar-refractivity contribution in [3.05, 3.63) is 0 Å². The molecule has 1 amide bonds. The zero-order valence-corrected chi connectivity index (χ0v) is 12.8. The van der Waals surface area contributed by atoms with Crippen molar-refractivity contribution in [2.45, 2.75) is 51.0 Å². The van der Waals surface area contributed by atoms with Gasteiger partial charge in [0.25, 0.3) is 0 Å². The maximum Gasteiger partial charge on any atom is 0.238 e. The summed E-state index contributed by atoms with van der Waals surface area (Å²) in [7, 11) is 0. The van der Waals surface area contributed by atoms with E-state index in [0.717, 1.165) is 56.6 Å². The largest absolute Gasteiger partial charge is 0.396 e. The SMILES string of the molecule is CCCNC1(C(N)=O)CCCC1CCSCCCO. The molecule has 0 saturated heterocycles. The second-order valence-corrected chi connectivity index (χ2v) is 6.55. The minimum Gasteiger partial charge on any atom is -0.396 e. The predicted molar refractivity (Wildman–Crippen MR) is 81.2 cm³/mol. The van der Waals surface area contributed by atoms with E-state index in [-0.39, 0.29) is 12.5 Å². The smallest absolute Gasteiger partial charge is 0.238 e. The van der Waals surface area contributed by atoms with Crippen molar-refractivity contribution in [2.24, 2.45) is 11.7 Å². The molecular weight excluding hydrogens is 260 g/mol. The van der Waals surface area contributed by atoms with Gasteiger partial charge in [-0.15, -0.1) is 0 Å². The van der Waals surface area contributed by atoms with Gasteiger partial charge in [-0.05, 0) is 56.1 Å². The number of nitrogens with two attached hydrogens (primary N) is 1. The van der Waals surface area contributed by atoms with E-state index in [1.165, 1.54) is 0 Å². The van der Waals surface area contributed by atoms with Crippen molar-refractivity contribution in [2.75, 3.05) is 24.7 Å². The average Bonchev–Trinajstić information content (AvgIpc) is 2.80. The van der Waals surface area contributed by atoms with Gasteiger partial charge in [-0.3, -0.25) is 4.79 Å². The highest BCUT2D eigenvalue weighted by Gasteiger charge is 2.46. The zero-order valence-electron chi connectivity index (χ0n) is 12.0. The van der Waals surface area contributed by atoms with Crippen LogP contribution in [0, 0.1) is 5.92 Å². The third-order valence-corrected chi connectivity index (χ3v) is 5.11. The van der Waals surface area contributed by atoms with Crippen molar-refractivity contribution in [1.29, 1.82) is 0 Å². The van der Waals surface area contributed by atoms with Crippen molar-refractivity contribution in [1.82, 2.24) is 5.32 Å². The molecule has 0 aliphatic heterocycles. The summed E-state index contributed by atoms with van der Waals surface area (Å²) in [4.78, 5) is 11.9. The molecule has 2 atom stereocenters. The molecule has 4 N–H and O–H groups in total. The molecule has 0 bridgehead atoms. The summed E-state index contributed by atoms with van der Waals surface area (Å²) < 4.78 is 0. The van der Waals surface area contributed by atoms with Crippen LogP contribution in [0.2, 0.25) is 0 Å². The van der Waals surface area contributed by atoms with Crippen LogP contribution in [-0.4, -0.2) is 41.2 Å².